The van der Waals surface area contributed by atoms with Gasteiger partial charge >= 0.3 is 5.97 Å². The predicted molar refractivity (Wildman–Crippen MR) is 177 cm³/mol. The molecule has 15 atom stereocenters. The number of hydrogen-bond acceptors (Lipinski definition) is 12. The number of hydrogen-bond donors (Lipinski definition) is 2. The van der Waals surface area contributed by atoms with Crippen molar-refractivity contribution in [1.82, 2.24) is 4.90 Å². The maximum atomic E-state index is 13.9. The van der Waals surface area contributed by atoms with E-state index >= 15 is 0 Å². The number of aliphatic hydroxyl groups excluding tert-OH is 2. The molecule has 0 aromatic heterocycles. The van der Waals surface area contributed by atoms with Gasteiger partial charge in [-0.25, -0.2) is 0 Å². The summed E-state index contributed by atoms with van der Waals surface area (Å²) in [5.41, 5.74) is -1.02. The summed E-state index contributed by atoms with van der Waals surface area (Å²) in [6.45, 7) is 20.5. The van der Waals surface area contributed by atoms with E-state index in [1.54, 1.807) is 20.8 Å². The van der Waals surface area contributed by atoms with Gasteiger partial charge < -0.3 is 43.4 Å². The molecular weight excluding hydrogens is 622 g/mol. The lowest BCUT2D eigenvalue weighted by atomic mass is 9.79. The van der Waals surface area contributed by atoms with Crippen LogP contribution in [0.5, 0.6) is 0 Å². The zero-order valence-electron chi connectivity index (χ0n) is 31.2. The van der Waals surface area contributed by atoms with Gasteiger partial charge in [0.2, 0.25) is 0 Å². The molecule has 0 radical (unpaired) electrons. The van der Waals surface area contributed by atoms with Crippen LogP contribution >= 0.6 is 0 Å². The minimum absolute atomic E-state index is 0.187. The largest absolute Gasteiger partial charge is 0.488 e. The van der Waals surface area contributed by atoms with E-state index < -0.39 is 84.1 Å². The first-order valence-electron chi connectivity index (χ1n) is 17.6. The molecule has 12 nitrogen and oxygen atoms in total. The van der Waals surface area contributed by atoms with Crippen LogP contribution in [0.2, 0.25) is 0 Å². The number of likely N-dealkylation sites (N-methyl/N-ethyl adjacent to an activating group) is 1. The number of fused-ring (bicyclic) bond motifs is 2. The van der Waals surface area contributed by atoms with Crippen LogP contribution in [-0.4, -0.2) is 120 Å². The number of ether oxygens (including phenoxy) is 7. The fraction of sp³-hybridized carbons (Fsp3) is 0.889. The molecule has 2 bridgehead atoms. The molecular formula is C36H61NO11. The number of ketones is 1. The second-order valence-corrected chi connectivity index (χ2v) is 15.6. The van der Waals surface area contributed by atoms with Crippen molar-refractivity contribution in [2.75, 3.05) is 14.2 Å². The molecule has 3 fully saturated rings. The summed E-state index contributed by atoms with van der Waals surface area (Å²) in [6.07, 6.45) is -5.90. The molecule has 0 saturated carbocycles. The van der Waals surface area contributed by atoms with Crippen molar-refractivity contribution >= 4 is 11.8 Å². The number of nitrogens with zero attached hydrogens (tertiary/aromatic N) is 1. The zero-order valence-corrected chi connectivity index (χ0v) is 31.2. The topological polar surface area (TPSA) is 142 Å². The molecule has 0 spiro atoms. The van der Waals surface area contributed by atoms with Crippen molar-refractivity contribution < 1.29 is 53.0 Å². The second-order valence-electron chi connectivity index (χ2n) is 15.6. The lowest BCUT2D eigenvalue weighted by molar-refractivity contribution is -0.317. The number of aliphatic hydroxyl groups is 2. The van der Waals surface area contributed by atoms with Crippen LogP contribution in [0.4, 0.5) is 0 Å². The summed E-state index contributed by atoms with van der Waals surface area (Å²) in [7, 11) is 3.52. The van der Waals surface area contributed by atoms with Crippen molar-refractivity contribution in [2.45, 2.75) is 174 Å². The molecule has 3 saturated heterocycles. The summed E-state index contributed by atoms with van der Waals surface area (Å²) < 4.78 is 44.5. The average Bonchev–Trinajstić information content (AvgIpc) is 3.33. The van der Waals surface area contributed by atoms with Crippen LogP contribution in [0, 0.1) is 17.8 Å². The van der Waals surface area contributed by atoms with Crippen molar-refractivity contribution in [3.05, 3.63) is 11.3 Å². The smallest absolute Gasteiger partial charge is 0.312 e. The van der Waals surface area contributed by atoms with E-state index in [1.807, 2.05) is 41.7 Å². The van der Waals surface area contributed by atoms with Gasteiger partial charge in [-0.05, 0) is 81.4 Å². The highest BCUT2D eigenvalue weighted by Gasteiger charge is 2.55. The fourth-order valence-electron chi connectivity index (χ4n) is 8.21. The van der Waals surface area contributed by atoms with Crippen LogP contribution < -0.4 is 0 Å². The van der Waals surface area contributed by atoms with Gasteiger partial charge in [-0.2, -0.15) is 0 Å². The lowest BCUT2D eigenvalue weighted by Gasteiger charge is -2.49. The summed E-state index contributed by atoms with van der Waals surface area (Å²) >= 11 is 0. The summed E-state index contributed by atoms with van der Waals surface area (Å²) in [6, 6.07) is -0.0244. The molecule has 4 rings (SSSR count). The van der Waals surface area contributed by atoms with E-state index in [9.17, 15) is 19.8 Å². The Morgan fingerprint density at radius 2 is 1.69 bits per heavy atom. The minimum atomic E-state index is -1.06. The van der Waals surface area contributed by atoms with Crippen molar-refractivity contribution in [2.24, 2.45) is 17.8 Å². The van der Waals surface area contributed by atoms with E-state index in [4.69, 9.17) is 33.2 Å². The van der Waals surface area contributed by atoms with Crippen molar-refractivity contribution in [3.63, 3.8) is 0 Å². The standard InChI is InChI=1S/C36H61NO11/c1-17(2)37(12)25-14-19(4)43-34(27(25)39)47-32-21(6)29(45-26-16-35(10,42-13)31(40)24(9)44-26)22(7)33(41)46-30(23(8)38)20(5)28-18(3)15-36(32,11)48-28/h17,19-22,24-27,29-32,34,39-40H,14-16H2,1-13H3/t19-,20+,21+,22-,24+,25+,26+,27-,29+,30-,31+,32-,34+,35-,36-/m1/s1. The molecule has 0 aliphatic carbocycles. The molecule has 276 valence electrons. The number of carbonyl (C=O) groups is 2. The highest BCUT2D eigenvalue weighted by Crippen LogP contribution is 2.47. The predicted octanol–water partition coefficient (Wildman–Crippen LogP) is 3.74. The Bertz CT molecular complexity index is 1190. The third-order valence-corrected chi connectivity index (χ3v) is 11.4. The third-order valence-electron chi connectivity index (χ3n) is 11.4. The van der Waals surface area contributed by atoms with Gasteiger partial charge in [0, 0.05) is 38.0 Å². The number of rotatable bonds is 8. The third kappa shape index (κ3) is 7.66. The highest BCUT2D eigenvalue weighted by molar-refractivity contribution is 5.84. The van der Waals surface area contributed by atoms with Crippen LogP contribution in [0.3, 0.4) is 0 Å². The Hall–Kier alpha value is -1.64. The Morgan fingerprint density at radius 3 is 2.27 bits per heavy atom. The zero-order chi connectivity index (χ0) is 36.0. The number of cyclic esters (lactones) is 1. The molecule has 4 aliphatic rings. The number of carbonyl (C=O) groups excluding carboxylic acids is 2. The second kappa shape index (κ2) is 14.9. The van der Waals surface area contributed by atoms with E-state index in [0.29, 0.717) is 18.6 Å². The summed E-state index contributed by atoms with van der Waals surface area (Å²) in [5, 5.41) is 22.6. The molecule has 0 amide bonds. The molecule has 4 aliphatic heterocycles. The highest BCUT2D eigenvalue weighted by atomic mass is 16.7. The monoisotopic (exact) mass is 683 g/mol. The number of Topliss-reactive ketones (excluding diaryl/α,β-unsaturated/α-hetero) is 1. The molecule has 4 heterocycles. The van der Waals surface area contributed by atoms with Crippen LogP contribution in [0.1, 0.15) is 95.4 Å². The maximum Gasteiger partial charge on any atom is 0.312 e. The molecule has 2 N–H and O–H groups in total. The van der Waals surface area contributed by atoms with E-state index in [0.717, 1.165) is 5.57 Å². The van der Waals surface area contributed by atoms with Gasteiger partial charge in [-0.15, -0.1) is 0 Å². The molecule has 0 unspecified atom stereocenters. The SMILES string of the molecule is CO[C@]1(C)C[C@H](O[C@H]2[C@H](C)[C@@H](O[C@@H]3O[C@H](C)C[C@H](N(C)C(C)C)[C@H]3O)[C@@]3(C)CC(C)=C(O3)[C@H](C)[C@H](C(C)=O)OC(=O)[C@@H]2C)O[C@@H](C)[C@@H]1O. The number of methoxy groups -OCH3 is 1. The minimum Gasteiger partial charge on any atom is -0.488 e. The molecule has 48 heavy (non-hydrogen) atoms. The first-order valence-corrected chi connectivity index (χ1v) is 17.6. The fourth-order valence-corrected chi connectivity index (χ4v) is 8.21. The number of esters is 1. The van der Waals surface area contributed by atoms with E-state index in [2.05, 4.69) is 18.7 Å². The van der Waals surface area contributed by atoms with Gasteiger partial charge in [-0.3, -0.25) is 14.5 Å². The van der Waals surface area contributed by atoms with E-state index in [1.165, 1.54) is 14.0 Å². The van der Waals surface area contributed by atoms with E-state index in [-0.39, 0.29) is 30.4 Å². The quantitative estimate of drug-likeness (QED) is 0.360. The van der Waals surface area contributed by atoms with Gasteiger partial charge in [0.1, 0.15) is 29.7 Å². The summed E-state index contributed by atoms with van der Waals surface area (Å²) in [5.74, 6) is -2.27. The van der Waals surface area contributed by atoms with Crippen LogP contribution in [-0.2, 0) is 42.7 Å². The first kappa shape index (κ1) is 39.2. The Labute approximate surface area is 286 Å². The summed E-state index contributed by atoms with van der Waals surface area (Å²) in [4.78, 5) is 29.0. The van der Waals surface area contributed by atoms with Gasteiger partial charge in [0.05, 0.1) is 35.7 Å². The molecule has 0 aromatic carbocycles. The Kier molecular flexibility index (Phi) is 12.2. The normalized spacial score (nSPS) is 45.9. The Morgan fingerprint density at radius 1 is 1.04 bits per heavy atom. The first-order chi connectivity index (χ1) is 22.2. The van der Waals surface area contributed by atoms with Gasteiger partial charge in [-0.1, -0.05) is 13.8 Å². The van der Waals surface area contributed by atoms with Crippen molar-refractivity contribution in [3.8, 4) is 0 Å². The average molecular weight is 684 g/mol. The lowest BCUT2D eigenvalue weighted by Crippen LogP contribution is -2.61. The maximum absolute atomic E-state index is 13.9. The Balaban J connectivity index is 1.79. The van der Waals surface area contributed by atoms with Gasteiger partial charge in [0.15, 0.2) is 24.5 Å². The van der Waals surface area contributed by atoms with Crippen LogP contribution in [0.25, 0.3) is 0 Å². The van der Waals surface area contributed by atoms with Crippen LogP contribution in [0.15, 0.2) is 11.3 Å². The molecule has 0 aromatic rings. The van der Waals surface area contributed by atoms with Crippen molar-refractivity contribution in [1.29, 1.82) is 0 Å². The van der Waals surface area contributed by atoms with Gasteiger partial charge in [0.25, 0.3) is 0 Å². The molecule has 12 heteroatoms.